The lowest BCUT2D eigenvalue weighted by atomic mass is 10.0. The van der Waals surface area contributed by atoms with Crippen LogP contribution in [0.2, 0.25) is 0 Å². The Morgan fingerprint density at radius 1 is 0.429 bits per heavy atom. The van der Waals surface area contributed by atoms with Crippen LogP contribution in [0.4, 0.5) is 0 Å². The fraction of sp³-hybridized carbons (Fsp3) is 0.725. The lowest BCUT2D eigenvalue weighted by Gasteiger charge is -2.15. The Balaban J connectivity index is 3.41. The minimum Gasteiger partial charge on any atom is -0.462 e. The maximum atomic E-state index is 12.1. The number of aliphatic hydroxyl groups excluding tert-OH is 1. The normalized spacial score (nSPS) is 12.8. The number of carbonyl (C=O) groups is 2. The summed E-state index contributed by atoms with van der Waals surface area (Å²) in [5, 5.41) is 9.49. The quantitative estimate of drug-likeness (QED) is 0.0379. The second kappa shape index (κ2) is 46.7. The van der Waals surface area contributed by atoms with Crippen molar-refractivity contribution in [2.75, 3.05) is 13.2 Å². The smallest absolute Gasteiger partial charge is 0.306 e. The molecule has 1 N–H and O–H groups in total. The Hall–Kier alpha value is -2.66. The van der Waals surface area contributed by atoms with E-state index in [-0.39, 0.29) is 25.2 Å². The van der Waals surface area contributed by atoms with E-state index in [4.69, 9.17) is 9.47 Å². The van der Waals surface area contributed by atoms with E-state index in [9.17, 15) is 14.7 Å². The van der Waals surface area contributed by atoms with Crippen molar-refractivity contribution >= 4 is 11.9 Å². The van der Waals surface area contributed by atoms with Gasteiger partial charge in [-0.1, -0.05) is 215 Å². The van der Waals surface area contributed by atoms with Gasteiger partial charge in [0, 0.05) is 12.8 Å². The van der Waals surface area contributed by atoms with E-state index in [2.05, 4.69) is 86.8 Å². The van der Waals surface area contributed by atoms with Crippen LogP contribution in [0.3, 0.4) is 0 Å². The second-order valence-corrected chi connectivity index (χ2v) is 15.5. The van der Waals surface area contributed by atoms with Crippen molar-refractivity contribution in [1.82, 2.24) is 0 Å². The van der Waals surface area contributed by atoms with Crippen molar-refractivity contribution in [3.63, 3.8) is 0 Å². The van der Waals surface area contributed by atoms with Crippen LogP contribution in [0.25, 0.3) is 0 Å². The average Bonchev–Trinajstić information content (AvgIpc) is 3.20. The monoisotopic (exact) mass is 781 g/mol. The first-order valence-electron chi connectivity index (χ1n) is 23.5. The summed E-state index contributed by atoms with van der Waals surface area (Å²) >= 11 is 0. The third-order valence-corrected chi connectivity index (χ3v) is 10.0. The molecule has 322 valence electrons. The molecular formula is C51H88O5. The van der Waals surface area contributed by atoms with Crippen molar-refractivity contribution in [1.29, 1.82) is 0 Å². The largest absolute Gasteiger partial charge is 0.462 e. The van der Waals surface area contributed by atoms with Gasteiger partial charge in [0.15, 0.2) is 6.10 Å². The summed E-state index contributed by atoms with van der Waals surface area (Å²) in [6.07, 6.45) is 63.3. The van der Waals surface area contributed by atoms with Gasteiger partial charge in [-0.05, 0) is 64.2 Å². The van der Waals surface area contributed by atoms with Crippen LogP contribution in [0.15, 0.2) is 72.9 Å². The molecule has 0 rings (SSSR count). The molecule has 0 saturated carbocycles. The highest BCUT2D eigenvalue weighted by molar-refractivity contribution is 5.70. The van der Waals surface area contributed by atoms with Gasteiger partial charge < -0.3 is 14.6 Å². The maximum absolute atomic E-state index is 12.1. The van der Waals surface area contributed by atoms with E-state index in [0.717, 1.165) is 77.0 Å². The first kappa shape index (κ1) is 53.3. The van der Waals surface area contributed by atoms with Crippen LogP contribution >= 0.6 is 0 Å². The molecule has 0 heterocycles. The van der Waals surface area contributed by atoms with Gasteiger partial charge in [-0.15, -0.1) is 0 Å². The molecule has 0 aliphatic rings. The zero-order chi connectivity index (χ0) is 40.7. The lowest BCUT2D eigenvalue weighted by molar-refractivity contribution is -0.161. The number of ether oxygens (including phenoxy) is 2. The molecule has 0 aromatic rings. The molecule has 0 aliphatic carbocycles. The number of unbranched alkanes of at least 4 members (excludes halogenated alkanes) is 22. The van der Waals surface area contributed by atoms with Crippen LogP contribution in [0, 0.1) is 0 Å². The third kappa shape index (κ3) is 44.1. The van der Waals surface area contributed by atoms with E-state index in [1.807, 2.05) is 0 Å². The molecule has 5 nitrogen and oxygen atoms in total. The molecule has 0 amide bonds. The Morgan fingerprint density at radius 2 is 0.768 bits per heavy atom. The van der Waals surface area contributed by atoms with Gasteiger partial charge in [0.1, 0.15) is 6.61 Å². The van der Waals surface area contributed by atoms with E-state index < -0.39 is 6.10 Å². The second-order valence-electron chi connectivity index (χ2n) is 15.5. The summed E-state index contributed by atoms with van der Waals surface area (Å²) < 4.78 is 10.5. The number of aliphatic hydroxyl groups is 1. The first-order chi connectivity index (χ1) is 27.6. The SMILES string of the molecule is CC/C=C\C/C=C\C/C=C\C/C=C\C/C=C\C/C=C\CCCCCCCCCCCCCCCCCCCCC(=O)OC(CO)COC(=O)CCCCCCC. The standard InChI is InChI=1S/C51H88O5/c1-3-5-7-9-10-11-12-13-14-15-16-17-18-19-20-21-22-23-24-25-26-27-28-29-30-31-32-33-34-35-36-37-38-39-40-42-44-46-51(54)56-49(47-52)48-55-50(53)45-43-41-8-6-4-2/h5,7,10-11,13-14,16-17,19-20,22-23,49,52H,3-4,6,8-9,12,15,18,21,24-48H2,1-2H3/b7-5-,11-10-,14-13-,17-16-,20-19-,23-22-. The zero-order valence-corrected chi connectivity index (χ0v) is 36.6. The topological polar surface area (TPSA) is 72.8 Å². The zero-order valence-electron chi connectivity index (χ0n) is 36.6. The highest BCUT2D eigenvalue weighted by atomic mass is 16.6. The minimum atomic E-state index is -0.766. The fourth-order valence-electron chi connectivity index (χ4n) is 6.50. The number of rotatable bonds is 42. The highest BCUT2D eigenvalue weighted by Gasteiger charge is 2.16. The van der Waals surface area contributed by atoms with Crippen molar-refractivity contribution in [2.45, 2.75) is 225 Å². The number of carbonyl (C=O) groups excluding carboxylic acids is 2. The Labute approximate surface area is 346 Å². The summed E-state index contributed by atoms with van der Waals surface area (Å²) in [6.45, 7) is 3.93. The van der Waals surface area contributed by atoms with E-state index in [0.29, 0.717) is 12.8 Å². The summed E-state index contributed by atoms with van der Waals surface area (Å²) in [5.41, 5.74) is 0. The van der Waals surface area contributed by atoms with E-state index >= 15 is 0 Å². The van der Waals surface area contributed by atoms with Gasteiger partial charge in [-0.2, -0.15) is 0 Å². The van der Waals surface area contributed by atoms with Gasteiger partial charge in [0.05, 0.1) is 6.61 Å². The number of allylic oxidation sites excluding steroid dienone is 12. The van der Waals surface area contributed by atoms with Gasteiger partial charge in [-0.25, -0.2) is 0 Å². The summed E-state index contributed by atoms with van der Waals surface area (Å²) in [4.78, 5) is 24.0. The van der Waals surface area contributed by atoms with Crippen LogP contribution in [0.1, 0.15) is 219 Å². The van der Waals surface area contributed by atoms with Crippen molar-refractivity contribution in [3.8, 4) is 0 Å². The molecule has 0 aromatic carbocycles. The van der Waals surface area contributed by atoms with Crippen LogP contribution in [0.5, 0.6) is 0 Å². The highest BCUT2D eigenvalue weighted by Crippen LogP contribution is 2.15. The molecule has 0 bridgehead atoms. The molecular weight excluding hydrogens is 693 g/mol. The summed E-state index contributed by atoms with van der Waals surface area (Å²) in [7, 11) is 0. The summed E-state index contributed by atoms with van der Waals surface area (Å²) in [6, 6.07) is 0. The van der Waals surface area contributed by atoms with Crippen LogP contribution in [-0.4, -0.2) is 36.4 Å². The number of esters is 2. The number of hydrogen-bond acceptors (Lipinski definition) is 5. The lowest BCUT2D eigenvalue weighted by Crippen LogP contribution is -2.28. The molecule has 0 fully saturated rings. The van der Waals surface area contributed by atoms with Crippen molar-refractivity contribution in [3.05, 3.63) is 72.9 Å². The maximum Gasteiger partial charge on any atom is 0.306 e. The van der Waals surface area contributed by atoms with Gasteiger partial charge in [-0.3, -0.25) is 9.59 Å². The van der Waals surface area contributed by atoms with Gasteiger partial charge in [0.25, 0.3) is 0 Å². The fourth-order valence-corrected chi connectivity index (χ4v) is 6.50. The van der Waals surface area contributed by atoms with Crippen LogP contribution < -0.4 is 0 Å². The molecule has 5 heteroatoms. The molecule has 56 heavy (non-hydrogen) atoms. The predicted octanol–water partition coefficient (Wildman–Crippen LogP) is 15.3. The molecule has 0 aliphatic heterocycles. The van der Waals surface area contributed by atoms with Gasteiger partial charge >= 0.3 is 11.9 Å². The Kier molecular flexibility index (Phi) is 44.5. The first-order valence-corrected chi connectivity index (χ1v) is 23.5. The molecule has 0 spiro atoms. The Bertz CT molecular complexity index is 1020. The van der Waals surface area contributed by atoms with Gasteiger partial charge in [0.2, 0.25) is 0 Å². The summed E-state index contributed by atoms with van der Waals surface area (Å²) in [5.74, 6) is -0.602. The van der Waals surface area contributed by atoms with Crippen molar-refractivity contribution in [2.24, 2.45) is 0 Å². The predicted molar refractivity (Wildman–Crippen MR) is 242 cm³/mol. The van der Waals surface area contributed by atoms with Crippen molar-refractivity contribution < 1.29 is 24.2 Å². The third-order valence-electron chi connectivity index (χ3n) is 10.0. The minimum absolute atomic E-state index is 0.0657. The molecule has 1 unspecified atom stereocenters. The average molecular weight is 781 g/mol. The van der Waals surface area contributed by atoms with E-state index in [1.54, 1.807) is 0 Å². The van der Waals surface area contributed by atoms with E-state index in [1.165, 1.54) is 116 Å². The number of hydrogen-bond donors (Lipinski definition) is 1. The molecule has 1 atom stereocenters. The van der Waals surface area contributed by atoms with Crippen LogP contribution in [-0.2, 0) is 19.1 Å². The molecule has 0 aromatic heterocycles. The molecule has 0 radical (unpaired) electrons. The Morgan fingerprint density at radius 3 is 1.16 bits per heavy atom. The molecule has 0 saturated heterocycles.